The quantitative estimate of drug-likeness (QED) is 0.0845. The number of carboxylic acids is 4. The molecule has 53 heavy (non-hydrogen) atoms. The third-order valence-electron chi connectivity index (χ3n) is 10.9. The average molecular weight is 757 g/mol. The minimum atomic E-state index is -1.34. The fourth-order valence-electron chi connectivity index (χ4n) is 8.15. The molecule has 2 fully saturated rings. The Morgan fingerprint density at radius 3 is 0.755 bits per heavy atom. The first-order valence-corrected chi connectivity index (χ1v) is 17.9. The summed E-state index contributed by atoms with van der Waals surface area (Å²) >= 11 is 0. The van der Waals surface area contributed by atoms with Gasteiger partial charge in [0.2, 0.25) is 0 Å². The Morgan fingerprint density at radius 1 is 0.396 bits per heavy atom. The van der Waals surface area contributed by atoms with Gasteiger partial charge < -0.3 is 39.4 Å². The fraction of sp³-hybridized carbons (Fsp3) is 0.784. The van der Waals surface area contributed by atoms with Gasteiger partial charge in [0.15, 0.2) is 0 Å². The Balaban J connectivity index is 2.50. The van der Waals surface area contributed by atoms with Gasteiger partial charge in [-0.25, -0.2) is 0 Å². The van der Waals surface area contributed by atoms with Gasteiger partial charge in [-0.15, -0.1) is 0 Å². The highest BCUT2D eigenvalue weighted by atomic mass is 16.6. The second kappa shape index (κ2) is 17.7. The smallest absolute Gasteiger partial charge is 0.317 e. The lowest BCUT2D eigenvalue weighted by Crippen LogP contribution is -2.49. The summed E-state index contributed by atoms with van der Waals surface area (Å²) in [6.07, 6.45) is 0.196. The monoisotopic (exact) mass is 756 g/mol. The summed E-state index contributed by atoms with van der Waals surface area (Å²) in [5.74, 6) is -10.5. The first-order valence-electron chi connectivity index (χ1n) is 17.9. The molecule has 16 nitrogen and oxygen atoms in total. The standard InChI is InChI=1S/C37H56O16/c1-34(2,50-30(46)16-26(38)39)22-10-20(11-23(14-22)35(3,4)51-31(47)17-27(40)41)9-21-12-24(36(5,6)52-32(48)18-28(42)43)15-25(13-21)37(7,8)53-33(49)19-29(44)45/h20-25H,9-19H2,1-8H3,(H,38,39)(H,40,41)(H,42,43)(H,44,45). The number of aliphatic carboxylic acids is 4. The van der Waals surface area contributed by atoms with Crippen LogP contribution in [0.25, 0.3) is 0 Å². The van der Waals surface area contributed by atoms with E-state index < -0.39 is 95.8 Å². The van der Waals surface area contributed by atoms with Crippen LogP contribution in [0.3, 0.4) is 0 Å². The number of rotatable bonds is 18. The molecule has 4 unspecified atom stereocenters. The van der Waals surface area contributed by atoms with Crippen LogP contribution in [0.15, 0.2) is 0 Å². The van der Waals surface area contributed by atoms with Crippen molar-refractivity contribution < 1.29 is 77.7 Å². The molecule has 16 heteroatoms. The maximum absolute atomic E-state index is 12.5. The van der Waals surface area contributed by atoms with Crippen LogP contribution in [0, 0.1) is 35.5 Å². The summed E-state index contributed by atoms with van der Waals surface area (Å²) in [4.78, 5) is 94.9. The minimum Gasteiger partial charge on any atom is -0.481 e. The van der Waals surface area contributed by atoms with Gasteiger partial charge >= 0.3 is 47.8 Å². The van der Waals surface area contributed by atoms with Crippen LogP contribution in [-0.2, 0) is 57.3 Å². The van der Waals surface area contributed by atoms with Crippen molar-refractivity contribution in [3.63, 3.8) is 0 Å². The molecule has 0 spiro atoms. The Kier molecular flexibility index (Phi) is 15.0. The predicted octanol–water partition coefficient (Wildman–Crippen LogP) is 4.63. The molecule has 4 atom stereocenters. The lowest BCUT2D eigenvalue weighted by Gasteiger charge is -2.49. The van der Waals surface area contributed by atoms with Crippen LogP contribution in [0.2, 0.25) is 0 Å². The highest BCUT2D eigenvalue weighted by Crippen LogP contribution is 2.51. The summed E-state index contributed by atoms with van der Waals surface area (Å²) in [5, 5.41) is 36.6. The third-order valence-corrected chi connectivity index (χ3v) is 10.9. The molecule has 0 aromatic carbocycles. The number of ether oxygens (including phenoxy) is 4. The van der Waals surface area contributed by atoms with E-state index in [2.05, 4.69) is 0 Å². The van der Waals surface area contributed by atoms with Crippen molar-refractivity contribution >= 4 is 47.8 Å². The molecule has 0 aromatic heterocycles. The summed E-state index contributed by atoms with van der Waals surface area (Å²) in [6.45, 7) is 13.5. The summed E-state index contributed by atoms with van der Waals surface area (Å²) in [6, 6.07) is 0. The number of carbonyl (C=O) groups is 8. The summed E-state index contributed by atoms with van der Waals surface area (Å²) in [7, 11) is 0. The van der Waals surface area contributed by atoms with Crippen LogP contribution in [0.1, 0.15) is 126 Å². The van der Waals surface area contributed by atoms with Gasteiger partial charge in [-0.05, 0) is 136 Å². The molecule has 2 saturated carbocycles. The second-order valence-corrected chi connectivity index (χ2v) is 16.8. The maximum atomic E-state index is 12.5. The van der Waals surface area contributed by atoms with Crippen molar-refractivity contribution in [1.29, 1.82) is 0 Å². The Labute approximate surface area is 309 Å². The Bertz CT molecular complexity index is 1200. The first-order chi connectivity index (χ1) is 24.1. The van der Waals surface area contributed by atoms with E-state index in [4.69, 9.17) is 39.4 Å². The predicted molar refractivity (Wildman–Crippen MR) is 183 cm³/mol. The van der Waals surface area contributed by atoms with Gasteiger partial charge in [0, 0.05) is 0 Å². The second-order valence-electron chi connectivity index (χ2n) is 16.8. The molecule has 2 rings (SSSR count). The van der Waals surface area contributed by atoms with Crippen molar-refractivity contribution in [2.75, 3.05) is 0 Å². The lowest BCUT2D eigenvalue weighted by atomic mass is 9.60. The van der Waals surface area contributed by atoms with Gasteiger partial charge in [0.25, 0.3) is 0 Å². The van der Waals surface area contributed by atoms with Gasteiger partial charge in [0.1, 0.15) is 48.1 Å². The molecule has 300 valence electrons. The van der Waals surface area contributed by atoms with E-state index in [-0.39, 0.29) is 35.5 Å². The first kappa shape index (κ1) is 44.9. The zero-order valence-electron chi connectivity index (χ0n) is 31.9. The zero-order valence-corrected chi connectivity index (χ0v) is 31.9. The lowest BCUT2D eigenvalue weighted by molar-refractivity contribution is -0.175. The largest absolute Gasteiger partial charge is 0.481 e. The highest BCUT2D eigenvalue weighted by molar-refractivity contribution is 5.91. The molecule has 0 saturated heterocycles. The molecule has 2 aliphatic carbocycles. The van der Waals surface area contributed by atoms with Crippen LogP contribution < -0.4 is 0 Å². The van der Waals surface area contributed by atoms with Gasteiger partial charge in [-0.1, -0.05) is 0 Å². The molecular formula is C37H56O16. The molecule has 2 aliphatic rings. The molecule has 0 heterocycles. The molecule has 4 N–H and O–H groups in total. The Morgan fingerprint density at radius 2 is 0.585 bits per heavy atom. The molecule has 0 radical (unpaired) electrons. The van der Waals surface area contributed by atoms with E-state index >= 15 is 0 Å². The van der Waals surface area contributed by atoms with Crippen LogP contribution in [-0.4, -0.2) is 90.6 Å². The third kappa shape index (κ3) is 14.3. The van der Waals surface area contributed by atoms with Crippen molar-refractivity contribution in [3.05, 3.63) is 0 Å². The van der Waals surface area contributed by atoms with E-state index in [9.17, 15) is 38.4 Å². The SMILES string of the molecule is CC(C)(OC(=O)CC(=O)O)C1CC(CC2CC(C(C)(C)OC(=O)CC(=O)O)CC(C(C)(C)OC(=O)CC(=O)O)C2)CC(C(C)(C)OC(=O)CC(=O)O)C1. The van der Waals surface area contributed by atoms with Crippen LogP contribution in [0.4, 0.5) is 0 Å². The van der Waals surface area contributed by atoms with Crippen LogP contribution in [0.5, 0.6) is 0 Å². The Hall–Kier alpha value is -4.24. The number of hydrogen-bond acceptors (Lipinski definition) is 12. The van der Waals surface area contributed by atoms with Gasteiger partial charge in [-0.2, -0.15) is 0 Å². The number of hydrogen-bond donors (Lipinski definition) is 4. The topological polar surface area (TPSA) is 254 Å². The van der Waals surface area contributed by atoms with Gasteiger partial charge in [-0.3, -0.25) is 38.4 Å². The van der Waals surface area contributed by atoms with E-state index in [0.29, 0.717) is 44.9 Å². The maximum Gasteiger partial charge on any atom is 0.317 e. The van der Waals surface area contributed by atoms with Crippen molar-refractivity contribution in [3.8, 4) is 0 Å². The van der Waals surface area contributed by atoms with E-state index in [1.54, 1.807) is 55.4 Å². The molecule has 0 bridgehead atoms. The normalized spacial score (nSPS) is 23.9. The average Bonchev–Trinajstić information content (AvgIpc) is 2.93. The van der Waals surface area contributed by atoms with Crippen LogP contribution >= 0.6 is 0 Å². The van der Waals surface area contributed by atoms with E-state index in [0.717, 1.165) is 0 Å². The number of carboxylic acid groups (broad SMARTS) is 4. The van der Waals surface area contributed by atoms with E-state index in [1.807, 2.05) is 0 Å². The van der Waals surface area contributed by atoms with Crippen molar-refractivity contribution in [2.45, 2.75) is 148 Å². The van der Waals surface area contributed by atoms with Crippen molar-refractivity contribution in [1.82, 2.24) is 0 Å². The number of carbonyl (C=O) groups excluding carboxylic acids is 4. The van der Waals surface area contributed by atoms with E-state index in [1.165, 1.54) is 0 Å². The van der Waals surface area contributed by atoms with Crippen molar-refractivity contribution in [2.24, 2.45) is 35.5 Å². The van der Waals surface area contributed by atoms with Gasteiger partial charge in [0.05, 0.1) is 0 Å². The molecule has 0 aliphatic heterocycles. The molecule has 0 amide bonds. The summed E-state index contributed by atoms with van der Waals surface area (Å²) in [5.41, 5.74) is -4.54. The molecule has 0 aromatic rings. The number of esters is 4. The zero-order chi connectivity index (χ0) is 40.7. The molecular weight excluding hydrogens is 700 g/mol. The highest BCUT2D eigenvalue weighted by Gasteiger charge is 2.49. The fourth-order valence-corrected chi connectivity index (χ4v) is 8.15. The minimum absolute atomic E-state index is 0.0894. The summed E-state index contributed by atoms with van der Waals surface area (Å²) < 4.78 is 22.8.